The highest BCUT2D eigenvalue weighted by molar-refractivity contribution is 5.46. The van der Waals surface area contributed by atoms with Crippen molar-refractivity contribution in [3.05, 3.63) is 47.3 Å². The van der Waals surface area contributed by atoms with Crippen molar-refractivity contribution in [2.45, 2.75) is 20.3 Å². The van der Waals surface area contributed by atoms with Gasteiger partial charge < -0.3 is 10.7 Å². The Morgan fingerprint density at radius 3 is 2.58 bits per heavy atom. The molecule has 1 aromatic carbocycles. The number of rotatable bonds is 5. The van der Waals surface area contributed by atoms with Crippen LogP contribution in [0.15, 0.2) is 30.3 Å². The van der Waals surface area contributed by atoms with E-state index in [2.05, 4.69) is 51.9 Å². The Morgan fingerprint density at radius 2 is 1.84 bits per heavy atom. The van der Waals surface area contributed by atoms with Crippen LogP contribution in [0.2, 0.25) is 0 Å². The van der Waals surface area contributed by atoms with Crippen LogP contribution in [-0.2, 0) is 6.42 Å². The fourth-order valence-corrected chi connectivity index (χ4v) is 1.95. The van der Waals surface area contributed by atoms with E-state index in [4.69, 9.17) is 5.84 Å². The predicted octanol–water partition coefficient (Wildman–Crippen LogP) is 2.03. The summed E-state index contributed by atoms with van der Waals surface area (Å²) in [6.45, 7) is 4.79. The van der Waals surface area contributed by atoms with Gasteiger partial charge in [-0.1, -0.05) is 24.3 Å². The number of anilines is 2. The molecule has 5 heteroatoms. The second-order valence-corrected chi connectivity index (χ2v) is 4.43. The molecule has 0 unspecified atom stereocenters. The van der Waals surface area contributed by atoms with E-state index in [0.29, 0.717) is 11.6 Å². The number of benzene rings is 1. The maximum atomic E-state index is 5.36. The Morgan fingerprint density at radius 1 is 1.11 bits per heavy atom. The minimum absolute atomic E-state index is 0.617. The number of hydrogen-bond donors (Lipinski definition) is 3. The quantitative estimate of drug-likeness (QED) is 0.564. The summed E-state index contributed by atoms with van der Waals surface area (Å²) in [6, 6.07) is 10.2. The van der Waals surface area contributed by atoms with Gasteiger partial charge in [0.25, 0.3) is 0 Å². The zero-order chi connectivity index (χ0) is 13.7. The third kappa shape index (κ3) is 3.66. The van der Waals surface area contributed by atoms with Gasteiger partial charge in [-0.05, 0) is 31.4 Å². The summed E-state index contributed by atoms with van der Waals surface area (Å²) >= 11 is 0. The summed E-state index contributed by atoms with van der Waals surface area (Å²) in [5.41, 5.74) is 5.19. The molecule has 0 bridgehead atoms. The molecule has 19 heavy (non-hydrogen) atoms. The van der Waals surface area contributed by atoms with Gasteiger partial charge in [-0.2, -0.15) is 0 Å². The van der Waals surface area contributed by atoms with Crippen LogP contribution in [0.4, 0.5) is 11.6 Å². The lowest BCUT2D eigenvalue weighted by molar-refractivity contribution is 0.972. The monoisotopic (exact) mass is 257 g/mol. The summed E-state index contributed by atoms with van der Waals surface area (Å²) in [6.07, 6.45) is 0.959. The number of nitrogens with zero attached hydrogens (tertiary/aromatic N) is 2. The molecule has 2 rings (SSSR count). The first kappa shape index (κ1) is 13.3. The van der Waals surface area contributed by atoms with E-state index < -0.39 is 0 Å². The SMILES string of the molecule is Cc1nc(NN)cc(NCCc2ccccc2C)n1. The van der Waals surface area contributed by atoms with Gasteiger partial charge in [-0.25, -0.2) is 15.8 Å². The zero-order valence-corrected chi connectivity index (χ0v) is 11.3. The van der Waals surface area contributed by atoms with E-state index in [1.54, 1.807) is 6.07 Å². The molecular weight excluding hydrogens is 238 g/mol. The van der Waals surface area contributed by atoms with E-state index in [1.807, 2.05) is 6.92 Å². The topological polar surface area (TPSA) is 75.9 Å². The highest BCUT2D eigenvalue weighted by Crippen LogP contribution is 2.11. The van der Waals surface area contributed by atoms with Crippen molar-refractivity contribution in [1.29, 1.82) is 0 Å². The Balaban J connectivity index is 1.96. The number of nitrogens with one attached hydrogen (secondary N) is 2. The van der Waals surface area contributed by atoms with Crippen molar-refractivity contribution in [3.63, 3.8) is 0 Å². The number of hydrazine groups is 1. The average Bonchev–Trinajstić information content (AvgIpc) is 2.40. The van der Waals surface area contributed by atoms with Crippen molar-refractivity contribution >= 4 is 11.6 Å². The van der Waals surface area contributed by atoms with Crippen LogP contribution in [0, 0.1) is 13.8 Å². The lowest BCUT2D eigenvalue weighted by atomic mass is 10.1. The Bertz CT molecular complexity index is 553. The van der Waals surface area contributed by atoms with Crippen molar-refractivity contribution in [2.75, 3.05) is 17.3 Å². The Hall–Kier alpha value is -2.14. The van der Waals surface area contributed by atoms with Gasteiger partial charge >= 0.3 is 0 Å². The van der Waals surface area contributed by atoms with Gasteiger partial charge in [0.1, 0.15) is 17.5 Å². The molecular formula is C14H19N5. The van der Waals surface area contributed by atoms with Crippen LogP contribution in [-0.4, -0.2) is 16.5 Å². The number of hydrogen-bond acceptors (Lipinski definition) is 5. The summed E-state index contributed by atoms with van der Waals surface area (Å²) in [4.78, 5) is 8.46. The number of aromatic nitrogens is 2. The largest absolute Gasteiger partial charge is 0.370 e. The third-order valence-electron chi connectivity index (χ3n) is 2.95. The van der Waals surface area contributed by atoms with Crippen molar-refractivity contribution in [2.24, 2.45) is 5.84 Å². The molecule has 1 aromatic heterocycles. The lowest BCUT2D eigenvalue weighted by Gasteiger charge is -2.09. The molecule has 0 fully saturated rings. The van der Waals surface area contributed by atoms with Gasteiger partial charge in [0.15, 0.2) is 0 Å². The van der Waals surface area contributed by atoms with Crippen LogP contribution >= 0.6 is 0 Å². The normalized spacial score (nSPS) is 10.3. The van der Waals surface area contributed by atoms with Crippen molar-refractivity contribution in [3.8, 4) is 0 Å². The van der Waals surface area contributed by atoms with Crippen LogP contribution in [0.3, 0.4) is 0 Å². The lowest BCUT2D eigenvalue weighted by Crippen LogP contribution is -2.12. The van der Waals surface area contributed by atoms with E-state index >= 15 is 0 Å². The maximum absolute atomic E-state index is 5.36. The summed E-state index contributed by atoms with van der Waals surface area (Å²) in [5, 5.41) is 3.29. The molecule has 4 N–H and O–H groups in total. The zero-order valence-electron chi connectivity index (χ0n) is 11.3. The van der Waals surface area contributed by atoms with Crippen LogP contribution in [0.25, 0.3) is 0 Å². The molecule has 0 aliphatic heterocycles. The van der Waals surface area contributed by atoms with E-state index in [9.17, 15) is 0 Å². The molecule has 0 atom stereocenters. The molecule has 100 valence electrons. The molecule has 5 nitrogen and oxygen atoms in total. The second-order valence-electron chi connectivity index (χ2n) is 4.43. The van der Waals surface area contributed by atoms with Crippen molar-refractivity contribution < 1.29 is 0 Å². The average molecular weight is 257 g/mol. The first-order valence-corrected chi connectivity index (χ1v) is 6.29. The van der Waals surface area contributed by atoms with Gasteiger partial charge in [0.05, 0.1) is 0 Å². The molecule has 0 saturated heterocycles. The van der Waals surface area contributed by atoms with Crippen LogP contribution in [0.5, 0.6) is 0 Å². The minimum atomic E-state index is 0.617. The molecule has 1 heterocycles. The fraction of sp³-hybridized carbons (Fsp3) is 0.286. The van der Waals surface area contributed by atoms with Gasteiger partial charge in [-0.15, -0.1) is 0 Å². The molecule has 0 aliphatic rings. The van der Waals surface area contributed by atoms with Gasteiger partial charge in [0, 0.05) is 12.6 Å². The smallest absolute Gasteiger partial charge is 0.145 e. The van der Waals surface area contributed by atoms with Crippen molar-refractivity contribution in [1.82, 2.24) is 9.97 Å². The Labute approximate surface area is 113 Å². The minimum Gasteiger partial charge on any atom is -0.370 e. The molecule has 0 radical (unpaired) electrons. The highest BCUT2D eigenvalue weighted by Gasteiger charge is 2.01. The van der Waals surface area contributed by atoms with E-state index in [0.717, 1.165) is 18.8 Å². The third-order valence-corrected chi connectivity index (χ3v) is 2.95. The molecule has 0 spiro atoms. The summed E-state index contributed by atoms with van der Waals surface area (Å²) < 4.78 is 0. The van der Waals surface area contributed by atoms with E-state index in [-0.39, 0.29) is 0 Å². The standard InChI is InChI=1S/C14H19N5/c1-10-5-3-4-6-12(10)7-8-16-13-9-14(19-15)18-11(2)17-13/h3-6,9H,7-8,15H2,1-2H3,(H2,16,17,18,19). The van der Waals surface area contributed by atoms with Crippen LogP contribution in [0.1, 0.15) is 17.0 Å². The molecule has 0 aliphatic carbocycles. The summed E-state index contributed by atoms with van der Waals surface area (Å²) in [5.74, 6) is 7.45. The highest BCUT2D eigenvalue weighted by atomic mass is 15.3. The number of nitrogens with two attached hydrogens (primary N) is 1. The first-order valence-electron chi connectivity index (χ1n) is 6.29. The van der Waals surface area contributed by atoms with E-state index in [1.165, 1.54) is 11.1 Å². The molecule has 0 amide bonds. The number of nitrogen functional groups attached to an aromatic ring is 1. The van der Waals surface area contributed by atoms with Gasteiger partial charge in [0.2, 0.25) is 0 Å². The summed E-state index contributed by atoms with van der Waals surface area (Å²) in [7, 11) is 0. The van der Waals surface area contributed by atoms with Crippen LogP contribution < -0.4 is 16.6 Å². The molecule has 0 saturated carbocycles. The fourth-order valence-electron chi connectivity index (χ4n) is 1.95. The first-order chi connectivity index (χ1) is 9.19. The maximum Gasteiger partial charge on any atom is 0.145 e. The second kappa shape index (κ2) is 6.15. The van der Waals surface area contributed by atoms with Gasteiger partial charge in [-0.3, -0.25) is 0 Å². The Kier molecular flexibility index (Phi) is 4.30. The molecule has 2 aromatic rings. The number of aryl methyl sites for hydroxylation is 2. The predicted molar refractivity (Wildman–Crippen MR) is 78.0 cm³/mol.